The van der Waals surface area contributed by atoms with Crippen molar-refractivity contribution in [3.63, 3.8) is 0 Å². The van der Waals surface area contributed by atoms with Crippen LogP contribution in [-0.4, -0.2) is 9.55 Å². The number of rotatable bonds is 2. The molecule has 1 saturated carbocycles. The summed E-state index contributed by atoms with van der Waals surface area (Å²) >= 11 is 3.52. The molecular formula is C15H20BrN3. The number of benzene rings is 1. The van der Waals surface area contributed by atoms with E-state index in [9.17, 15) is 0 Å². The van der Waals surface area contributed by atoms with E-state index in [2.05, 4.69) is 45.6 Å². The fraction of sp³-hybridized carbons (Fsp3) is 0.533. The molecule has 0 amide bonds. The van der Waals surface area contributed by atoms with Gasteiger partial charge in [-0.1, -0.05) is 35.2 Å². The number of fused-ring (bicyclic) bond motifs is 1. The van der Waals surface area contributed by atoms with Gasteiger partial charge in [-0.25, -0.2) is 4.98 Å². The Labute approximate surface area is 122 Å². The van der Waals surface area contributed by atoms with Crippen molar-refractivity contribution in [1.82, 2.24) is 9.55 Å². The van der Waals surface area contributed by atoms with Crippen molar-refractivity contribution in [2.45, 2.75) is 51.1 Å². The van der Waals surface area contributed by atoms with Crippen LogP contribution in [-0.2, 0) is 12.1 Å². The molecule has 1 aromatic heterocycles. The number of hydrogen-bond acceptors (Lipinski definition) is 2. The predicted octanol–water partition coefficient (Wildman–Crippen LogP) is 3.94. The molecular weight excluding hydrogens is 302 g/mol. The summed E-state index contributed by atoms with van der Waals surface area (Å²) in [7, 11) is 0. The molecule has 3 rings (SSSR count). The van der Waals surface area contributed by atoms with E-state index in [0.717, 1.165) is 35.2 Å². The minimum absolute atomic E-state index is 0.236. The Kier molecular flexibility index (Phi) is 3.39. The lowest BCUT2D eigenvalue weighted by molar-refractivity contribution is 0.279. The Morgan fingerprint density at radius 1 is 1.32 bits per heavy atom. The second kappa shape index (κ2) is 4.91. The quantitative estimate of drug-likeness (QED) is 0.910. The standard InChI is InChI=1S/C15H20BrN3/c1-2-19-13-7-6-11(16)10-12(13)18-14(19)15(17)8-4-3-5-9-15/h6-7,10H,2-5,8-9,17H2,1H3. The third-order valence-electron chi connectivity index (χ3n) is 4.22. The topological polar surface area (TPSA) is 43.8 Å². The van der Waals surface area contributed by atoms with Gasteiger partial charge in [0.15, 0.2) is 0 Å². The van der Waals surface area contributed by atoms with Gasteiger partial charge in [-0.3, -0.25) is 0 Å². The summed E-state index contributed by atoms with van der Waals surface area (Å²) < 4.78 is 3.36. The number of nitrogens with zero attached hydrogens (tertiary/aromatic N) is 2. The van der Waals surface area contributed by atoms with Crippen molar-refractivity contribution < 1.29 is 0 Å². The van der Waals surface area contributed by atoms with Crippen LogP contribution in [0.25, 0.3) is 11.0 Å². The summed E-state index contributed by atoms with van der Waals surface area (Å²) in [6.45, 7) is 3.09. The van der Waals surface area contributed by atoms with Gasteiger partial charge in [0.05, 0.1) is 16.6 Å². The zero-order valence-corrected chi connectivity index (χ0v) is 12.9. The second-order valence-corrected chi connectivity index (χ2v) is 6.45. The Hall–Kier alpha value is -0.870. The number of aryl methyl sites for hydroxylation is 1. The summed E-state index contributed by atoms with van der Waals surface area (Å²) in [5.74, 6) is 1.07. The highest BCUT2D eigenvalue weighted by molar-refractivity contribution is 9.10. The van der Waals surface area contributed by atoms with Gasteiger partial charge in [-0.2, -0.15) is 0 Å². The lowest BCUT2D eigenvalue weighted by Gasteiger charge is -2.33. The smallest absolute Gasteiger partial charge is 0.130 e. The first kappa shape index (κ1) is 13.1. The number of aromatic nitrogens is 2. The molecule has 1 aromatic carbocycles. The third-order valence-corrected chi connectivity index (χ3v) is 4.71. The van der Waals surface area contributed by atoms with E-state index in [1.54, 1.807) is 0 Å². The highest BCUT2D eigenvalue weighted by atomic mass is 79.9. The van der Waals surface area contributed by atoms with E-state index in [1.165, 1.54) is 24.8 Å². The summed E-state index contributed by atoms with van der Waals surface area (Å²) in [6, 6.07) is 6.28. The molecule has 2 N–H and O–H groups in total. The third kappa shape index (κ3) is 2.21. The van der Waals surface area contributed by atoms with E-state index in [0.29, 0.717) is 0 Å². The van der Waals surface area contributed by atoms with Crippen LogP contribution in [0.15, 0.2) is 22.7 Å². The Morgan fingerprint density at radius 2 is 2.05 bits per heavy atom. The Balaban J connectivity index is 2.17. The second-order valence-electron chi connectivity index (χ2n) is 5.53. The number of halogens is 1. The van der Waals surface area contributed by atoms with E-state index in [4.69, 9.17) is 10.7 Å². The van der Waals surface area contributed by atoms with Crippen molar-refractivity contribution >= 4 is 27.0 Å². The summed E-state index contributed by atoms with van der Waals surface area (Å²) in [6.07, 6.45) is 5.84. The van der Waals surface area contributed by atoms with E-state index in [-0.39, 0.29) is 5.54 Å². The predicted molar refractivity (Wildman–Crippen MR) is 82.1 cm³/mol. The maximum atomic E-state index is 6.66. The first-order valence-electron chi connectivity index (χ1n) is 7.09. The Bertz CT molecular complexity index is 597. The van der Waals surface area contributed by atoms with Crippen molar-refractivity contribution in [1.29, 1.82) is 0 Å². The maximum absolute atomic E-state index is 6.66. The molecule has 1 aliphatic rings. The van der Waals surface area contributed by atoms with Crippen LogP contribution < -0.4 is 5.73 Å². The lowest BCUT2D eigenvalue weighted by Crippen LogP contribution is -2.41. The molecule has 0 aliphatic heterocycles. The van der Waals surface area contributed by atoms with Gasteiger partial charge in [-0.15, -0.1) is 0 Å². The number of hydrogen-bond donors (Lipinski definition) is 1. The van der Waals surface area contributed by atoms with Crippen LogP contribution in [0.2, 0.25) is 0 Å². The largest absolute Gasteiger partial charge is 0.327 e. The molecule has 0 bridgehead atoms. The molecule has 0 saturated heterocycles. The SMILES string of the molecule is CCn1c(C2(N)CCCCC2)nc2cc(Br)ccc21. The van der Waals surface area contributed by atoms with Gasteiger partial charge in [0.25, 0.3) is 0 Å². The molecule has 1 fully saturated rings. The van der Waals surface area contributed by atoms with E-state index >= 15 is 0 Å². The first-order chi connectivity index (χ1) is 9.14. The molecule has 0 spiro atoms. The van der Waals surface area contributed by atoms with Gasteiger partial charge < -0.3 is 10.3 Å². The Morgan fingerprint density at radius 3 is 2.74 bits per heavy atom. The van der Waals surface area contributed by atoms with Gasteiger partial charge in [0, 0.05) is 11.0 Å². The van der Waals surface area contributed by atoms with Crippen LogP contribution in [0.4, 0.5) is 0 Å². The molecule has 3 nitrogen and oxygen atoms in total. The van der Waals surface area contributed by atoms with Crippen LogP contribution in [0, 0.1) is 0 Å². The van der Waals surface area contributed by atoms with E-state index in [1.807, 2.05) is 0 Å². The van der Waals surface area contributed by atoms with Crippen molar-refractivity contribution in [2.24, 2.45) is 5.73 Å². The highest BCUT2D eigenvalue weighted by Crippen LogP contribution is 2.36. The number of imidazole rings is 1. The molecule has 0 unspecified atom stereocenters. The molecule has 0 radical (unpaired) electrons. The molecule has 1 aliphatic carbocycles. The average molecular weight is 322 g/mol. The number of nitrogens with two attached hydrogens (primary N) is 1. The van der Waals surface area contributed by atoms with Crippen LogP contribution in [0.3, 0.4) is 0 Å². The molecule has 102 valence electrons. The van der Waals surface area contributed by atoms with Gasteiger partial charge >= 0.3 is 0 Å². The zero-order chi connectivity index (χ0) is 13.5. The van der Waals surface area contributed by atoms with Crippen molar-refractivity contribution in [2.75, 3.05) is 0 Å². The maximum Gasteiger partial charge on any atom is 0.130 e. The molecule has 19 heavy (non-hydrogen) atoms. The van der Waals surface area contributed by atoms with Crippen molar-refractivity contribution in [3.8, 4) is 0 Å². The zero-order valence-electron chi connectivity index (χ0n) is 11.3. The highest BCUT2D eigenvalue weighted by Gasteiger charge is 2.34. The van der Waals surface area contributed by atoms with Gasteiger partial charge in [-0.05, 0) is 38.0 Å². The summed E-state index contributed by atoms with van der Waals surface area (Å²) in [5, 5.41) is 0. The van der Waals surface area contributed by atoms with Gasteiger partial charge in [0.1, 0.15) is 5.82 Å². The summed E-state index contributed by atoms with van der Waals surface area (Å²) in [5.41, 5.74) is 8.66. The van der Waals surface area contributed by atoms with Crippen molar-refractivity contribution in [3.05, 3.63) is 28.5 Å². The fourth-order valence-corrected chi connectivity index (χ4v) is 3.56. The lowest BCUT2D eigenvalue weighted by atomic mass is 9.82. The monoisotopic (exact) mass is 321 g/mol. The van der Waals surface area contributed by atoms with Crippen LogP contribution in [0.1, 0.15) is 44.9 Å². The van der Waals surface area contributed by atoms with Crippen LogP contribution in [0.5, 0.6) is 0 Å². The molecule has 1 heterocycles. The molecule has 2 aromatic rings. The van der Waals surface area contributed by atoms with Gasteiger partial charge in [0.2, 0.25) is 0 Å². The minimum atomic E-state index is -0.236. The molecule has 0 atom stereocenters. The average Bonchev–Trinajstić information content (AvgIpc) is 2.78. The summed E-state index contributed by atoms with van der Waals surface area (Å²) in [4.78, 5) is 4.85. The molecule has 4 heteroatoms. The van der Waals surface area contributed by atoms with E-state index < -0.39 is 0 Å². The van der Waals surface area contributed by atoms with Crippen LogP contribution >= 0.6 is 15.9 Å². The minimum Gasteiger partial charge on any atom is -0.327 e. The normalized spacial score (nSPS) is 18.9. The fourth-order valence-electron chi connectivity index (χ4n) is 3.21. The first-order valence-corrected chi connectivity index (χ1v) is 7.88.